The molecule has 0 radical (unpaired) electrons. The predicted molar refractivity (Wildman–Crippen MR) is 94.5 cm³/mol. The number of rotatable bonds is 6. The number of nitrogens with zero attached hydrogens (tertiary/aromatic N) is 4. The van der Waals surface area contributed by atoms with Crippen LogP contribution in [0, 0.1) is 6.92 Å². The van der Waals surface area contributed by atoms with Crippen molar-refractivity contribution in [3.8, 4) is 5.69 Å². The van der Waals surface area contributed by atoms with Gasteiger partial charge in [0.1, 0.15) is 6.33 Å². The van der Waals surface area contributed by atoms with Crippen LogP contribution in [0.1, 0.15) is 11.3 Å². The maximum atomic E-state index is 5.01. The highest BCUT2D eigenvalue weighted by Gasteiger charge is 2.06. The van der Waals surface area contributed by atoms with E-state index in [1.807, 2.05) is 61.7 Å². The lowest BCUT2D eigenvalue weighted by molar-refractivity contribution is 0.234. The van der Waals surface area contributed by atoms with Gasteiger partial charge < -0.3 is 10.1 Å². The Bertz CT molecular complexity index is 826. The van der Waals surface area contributed by atoms with Crippen LogP contribution >= 0.6 is 0 Å². The molecule has 0 fully saturated rings. The largest absolute Gasteiger partial charge is 0.381 e. The third-order valence-electron chi connectivity index (χ3n) is 3.44. The van der Waals surface area contributed by atoms with Crippen molar-refractivity contribution in [1.82, 2.24) is 19.7 Å². The normalized spacial score (nSPS) is 11.1. The van der Waals surface area contributed by atoms with Gasteiger partial charge in [0, 0.05) is 13.3 Å². The summed E-state index contributed by atoms with van der Waals surface area (Å²) in [5, 5.41) is 7.67. The SMILES string of the molecule is COC/C=C/c1cnc(C)c(Nc2ncn(-c3ccccc3)n2)c1. The van der Waals surface area contributed by atoms with E-state index in [-0.39, 0.29) is 0 Å². The second kappa shape index (κ2) is 7.52. The number of ether oxygens (including phenoxy) is 1. The van der Waals surface area contributed by atoms with E-state index in [2.05, 4.69) is 20.4 Å². The third-order valence-corrected chi connectivity index (χ3v) is 3.44. The molecular weight excluding hydrogens is 302 g/mol. The van der Waals surface area contributed by atoms with Gasteiger partial charge in [-0.2, -0.15) is 4.98 Å². The second-order valence-electron chi connectivity index (χ2n) is 5.23. The summed E-state index contributed by atoms with van der Waals surface area (Å²) in [5.74, 6) is 0.529. The Morgan fingerprint density at radius 1 is 1.21 bits per heavy atom. The quantitative estimate of drug-likeness (QED) is 0.754. The van der Waals surface area contributed by atoms with Gasteiger partial charge in [-0.05, 0) is 30.7 Å². The molecule has 1 aromatic carbocycles. The van der Waals surface area contributed by atoms with E-state index < -0.39 is 0 Å². The summed E-state index contributed by atoms with van der Waals surface area (Å²) >= 11 is 0. The van der Waals surface area contributed by atoms with E-state index in [1.54, 1.807) is 18.1 Å². The smallest absolute Gasteiger partial charge is 0.247 e. The molecule has 0 amide bonds. The standard InChI is InChI=1S/C18H19N5O/c1-14-17(11-15(12-19-14)7-6-10-24-2)21-18-20-13-23(22-18)16-8-4-3-5-9-16/h3-9,11-13H,10H2,1-2H3,(H,21,22)/b7-6+. The summed E-state index contributed by atoms with van der Waals surface area (Å²) in [6.45, 7) is 2.51. The van der Waals surface area contributed by atoms with Gasteiger partial charge >= 0.3 is 0 Å². The van der Waals surface area contributed by atoms with Gasteiger partial charge in [-0.1, -0.05) is 30.4 Å². The highest BCUT2D eigenvalue weighted by molar-refractivity contribution is 5.62. The summed E-state index contributed by atoms with van der Waals surface area (Å²) in [6.07, 6.45) is 7.42. The number of aryl methyl sites for hydroxylation is 1. The molecule has 0 spiro atoms. The van der Waals surface area contributed by atoms with Crippen molar-refractivity contribution in [2.45, 2.75) is 6.92 Å². The molecule has 0 bridgehead atoms. The third kappa shape index (κ3) is 3.85. The molecule has 3 aromatic rings. The van der Waals surface area contributed by atoms with Crippen LogP contribution in [-0.4, -0.2) is 33.5 Å². The minimum absolute atomic E-state index is 0.529. The molecule has 1 N–H and O–H groups in total. The average Bonchev–Trinajstić information content (AvgIpc) is 3.07. The summed E-state index contributed by atoms with van der Waals surface area (Å²) in [6, 6.07) is 11.9. The summed E-state index contributed by atoms with van der Waals surface area (Å²) in [5.41, 5.74) is 3.71. The van der Waals surface area contributed by atoms with E-state index >= 15 is 0 Å². The summed E-state index contributed by atoms with van der Waals surface area (Å²) in [4.78, 5) is 8.71. The van der Waals surface area contributed by atoms with Crippen LogP contribution in [-0.2, 0) is 4.74 Å². The highest BCUT2D eigenvalue weighted by atomic mass is 16.5. The van der Waals surface area contributed by atoms with Crippen LogP contribution in [0.5, 0.6) is 0 Å². The molecule has 2 aromatic heterocycles. The van der Waals surface area contributed by atoms with Gasteiger partial charge in [0.25, 0.3) is 0 Å². The maximum Gasteiger partial charge on any atom is 0.247 e. The average molecular weight is 321 g/mol. The predicted octanol–water partition coefficient (Wildman–Crippen LogP) is 3.37. The Labute approximate surface area is 140 Å². The number of hydrogen-bond acceptors (Lipinski definition) is 5. The van der Waals surface area contributed by atoms with Crippen LogP contribution in [0.3, 0.4) is 0 Å². The number of pyridine rings is 1. The molecule has 0 aliphatic rings. The Balaban J connectivity index is 1.78. The number of methoxy groups -OCH3 is 1. The first kappa shape index (κ1) is 15.9. The van der Waals surface area contributed by atoms with Crippen LogP contribution in [0.4, 0.5) is 11.6 Å². The summed E-state index contributed by atoms with van der Waals surface area (Å²) < 4.78 is 6.74. The summed E-state index contributed by atoms with van der Waals surface area (Å²) in [7, 11) is 1.67. The van der Waals surface area contributed by atoms with Crippen molar-refractivity contribution < 1.29 is 4.74 Å². The molecule has 3 rings (SSSR count). The fourth-order valence-corrected chi connectivity index (χ4v) is 2.19. The van der Waals surface area contributed by atoms with Gasteiger partial charge in [-0.3, -0.25) is 4.98 Å². The number of hydrogen-bond donors (Lipinski definition) is 1. The monoisotopic (exact) mass is 321 g/mol. The topological polar surface area (TPSA) is 64.9 Å². The Kier molecular flexibility index (Phi) is 4.98. The molecule has 6 heteroatoms. The first-order valence-electron chi connectivity index (χ1n) is 7.62. The zero-order valence-electron chi connectivity index (χ0n) is 13.7. The minimum Gasteiger partial charge on any atom is -0.381 e. The highest BCUT2D eigenvalue weighted by Crippen LogP contribution is 2.19. The van der Waals surface area contributed by atoms with Crippen molar-refractivity contribution in [3.63, 3.8) is 0 Å². The van der Waals surface area contributed by atoms with Crippen molar-refractivity contribution in [2.75, 3.05) is 19.0 Å². The lowest BCUT2D eigenvalue weighted by Gasteiger charge is -2.06. The molecule has 24 heavy (non-hydrogen) atoms. The van der Waals surface area contributed by atoms with Crippen LogP contribution in [0.2, 0.25) is 0 Å². The molecule has 0 atom stereocenters. The van der Waals surface area contributed by atoms with Crippen molar-refractivity contribution in [1.29, 1.82) is 0 Å². The van der Waals surface area contributed by atoms with Crippen LogP contribution in [0.25, 0.3) is 11.8 Å². The van der Waals surface area contributed by atoms with Gasteiger partial charge in [0.05, 0.1) is 23.7 Å². The van der Waals surface area contributed by atoms with Gasteiger partial charge in [0.15, 0.2) is 0 Å². The van der Waals surface area contributed by atoms with E-state index in [9.17, 15) is 0 Å². The van der Waals surface area contributed by atoms with E-state index in [1.165, 1.54) is 0 Å². The fraction of sp³-hybridized carbons (Fsp3) is 0.167. The molecular formula is C18H19N5O. The minimum atomic E-state index is 0.529. The zero-order chi connectivity index (χ0) is 16.8. The Morgan fingerprint density at radius 3 is 2.83 bits per heavy atom. The van der Waals surface area contributed by atoms with Crippen molar-refractivity contribution in [3.05, 3.63) is 66.3 Å². The second-order valence-corrected chi connectivity index (χ2v) is 5.23. The number of benzene rings is 1. The molecule has 6 nitrogen and oxygen atoms in total. The first-order valence-corrected chi connectivity index (χ1v) is 7.62. The van der Waals surface area contributed by atoms with Gasteiger partial charge in [-0.25, -0.2) is 4.68 Å². The van der Waals surface area contributed by atoms with Crippen LogP contribution in [0.15, 0.2) is 55.0 Å². The number of nitrogens with one attached hydrogen (secondary N) is 1. The van der Waals surface area contributed by atoms with E-state index in [0.29, 0.717) is 12.6 Å². The molecule has 2 heterocycles. The number of aromatic nitrogens is 4. The maximum absolute atomic E-state index is 5.01. The molecule has 0 saturated heterocycles. The molecule has 0 aliphatic carbocycles. The van der Waals surface area contributed by atoms with Gasteiger partial charge in [-0.15, -0.1) is 5.10 Å². The molecule has 0 saturated carbocycles. The Hall–Kier alpha value is -2.99. The molecule has 0 unspecified atom stereocenters. The lowest BCUT2D eigenvalue weighted by atomic mass is 10.2. The molecule has 0 aliphatic heterocycles. The first-order chi connectivity index (χ1) is 11.8. The van der Waals surface area contributed by atoms with Crippen LogP contribution < -0.4 is 5.32 Å². The zero-order valence-corrected chi connectivity index (χ0v) is 13.7. The van der Waals surface area contributed by atoms with E-state index in [0.717, 1.165) is 22.6 Å². The number of para-hydroxylation sites is 1. The van der Waals surface area contributed by atoms with Crippen molar-refractivity contribution in [2.24, 2.45) is 0 Å². The lowest BCUT2D eigenvalue weighted by Crippen LogP contribution is -1.99. The fourth-order valence-electron chi connectivity index (χ4n) is 2.19. The Morgan fingerprint density at radius 2 is 2.04 bits per heavy atom. The molecule has 122 valence electrons. The number of anilines is 2. The van der Waals surface area contributed by atoms with Gasteiger partial charge in [0.2, 0.25) is 5.95 Å². The van der Waals surface area contributed by atoms with Crippen molar-refractivity contribution >= 4 is 17.7 Å². The van der Waals surface area contributed by atoms with E-state index in [4.69, 9.17) is 4.74 Å².